The lowest BCUT2D eigenvalue weighted by Crippen LogP contribution is -1.72. The van der Waals surface area contributed by atoms with Crippen LogP contribution in [0.25, 0.3) is 10.4 Å². The summed E-state index contributed by atoms with van der Waals surface area (Å²) in [6, 6.07) is 3.25. The van der Waals surface area contributed by atoms with Crippen molar-refractivity contribution in [3.8, 4) is 0 Å². The summed E-state index contributed by atoms with van der Waals surface area (Å²) in [6.45, 7) is 0. The van der Waals surface area contributed by atoms with E-state index in [1.165, 1.54) is 0 Å². The fraction of sp³-hybridized carbons (Fsp3) is 0. The first-order valence-electron chi connectivity index (χ1n) is 2.85. The van der Waals surface area contributed by atoms with Gasteiger partial charge in [-0.05, 0) is 33.6 Å². The standard InChI is InChI=1S/C6H2BrCl2N3/c7-3-1-2-4(11-12-10)6(9)5(3)8/h1-2H. The van der Waals surface area contributed by atoms with E-state index in [1.54, 1.807) is 12.1 Å². The predicted molar refractivity (Wildman–Crippen MR) is 53.0 cm³/mol. The molecule has 6 heteroatoms. The van der Waals surface area contributed by atoms with E-state index in [-0.39, 0.29) is 5.02 Å². The van der Waals surface area contributed by atoms with E-state index in [4.69, 9.17) is 28.7 Å². The minimum Gasteiger partial charge on any atom is -0.0822 e. The number of hydrogen-bond acceptors (Lipinski definition) is 1. The van der Waals surface area contributed by atoms with Gasteiger partial charge in [0.15, 0.2) is 0 Å². The van der Waals surface area contributed by atoms with Crippen LogP contribution in [0, 0.1) is 0 Å². The van der Waals surface area contributed by atoms with Crippen LogP contribution in [0.1, 0.15) is 0 Å². The van der Waals surface area contributed by atoms with Gasteiger partial charge in [0.05, 0.1) is 15.7 Å². The van der Waals surface area contributed by atoms with Crippen molar-refractivity contribution in [3.63, 3.8) is 0 Å². The van der Waals surface area contributed by atoms with Crippen LogP contribution in [0.15, 0.2) is 21.7 Å². The molecule has 1 aromatic carbocycles. The summed E-state index contributed by atoms with van der Waals surface area (Å²) in [4.78, 5) is 2.60. The highest BCUT2D eigenvalue weighted by Gasteiger charge is 2.05. The zero-order chi connectivity index (χ0) is 9.14. The molecular formula is C6H2BrCl2N3. The van der Waals surface area contributed by atoms with E-state index in [0.717, 1.165) is 0 Å². The Bertz CT molecular complexity index is 360. The van der Waals surface area contributed by atoms with Gasteiger partial charge in [-0.1, -0.05) is 28.3 Å². The smallest absolute Gasteiger partial charge is 0.0739 e. The van der Waals surface area contributed by atoms with Crippen LogP contribution in [-0.4, -0.2) is 0 Å². The van der Waals surface area contributed by atoms with Crippen molar-refractivity contribution in [1.82, 2.24) is 0 Å². The molecule has 0 N–H and O–H groups in total. The van der Waals surface area contributed by atoms with Crippen molar-refractivity contribution in [2.45, 2.75) is 0 Å². The minimum absolute atomic E-state index is 0.254. The van der Waals surface area contributed by atoms with Crippen LogP contribution in [-0.2, 0) is 0 Å². The maximum atomic E-state index is 8.15. The molecule has 1 aromatic rings. The largest absolute Gasteiger partial charge is 0.0822 e. The molecule has 0 bridgehead atoms. The third kappa shape index (κ3) is 1.84. The van der Waals surface area contributed by atoms with Crippen molar-refractivity contribution < 1.29 is 0 Å². The average molecular weight is 267 g/mol. The number of halogens is 3. The third-order valence-corrected chi connectivity index (χ3v) is 2.93. The van der Waals surface area contributed by atoms with E-state index in [9.17, 15) is 0 Å². The Morgan fingerprint density at radius 3 is 2.58 bits per heavy atom. The maximum absolute atomic E-state index is 8.15. The first-order valence-corrected chi connectivity index (χ1v) is 4.40. The van der Waals surface area contributed by atoms with E-state index >= 15 is 0 Å². The molecule has 0 fully saturated rings. The second kappa shape index (κ2) is 4.01. The first kappa shape index (κ1) is 9.68. The lowest BCUT2D eigenvalue weighted by molar-refractivity contribution is 1.47. The van der Waals surface area contributed by atoms with Crippen molar-refractivity contribution in [1.29, 1.82) is 0 Å². The summed E-state index contributed by atoms with van der Waals surface area (Å²) in [5.41, 5.74) is 8.48. The highest BCUT2D eigenvalue weighted by atomic mass is 79.9. The third-order valence-electron chi connectivity index (χ3n) is 1.17. The van der Waals surface area contributed by atoms with Crippen molar-refractivity contribution >= 4 is 44.8 Å². The van der Waals surface area contributed by atoms with E-state index in [2.05, 4.69) is 26.0 Å². The molecule has 0 aliphatic rings. The molecule has 0 unspecified atom stereocenters. The maximum Gasteiger partial charge on any atom is 0.0739 e. The number of hydrogen-bond donors (Lipinski definition) is 0. The summed E-state index contributed by atoms with van der Waals surface area (Å²) in [7, 11) is 0. The van der Waals surface area contributed by atoms with Gasteiger partial charge in [0.25, 0.3) is 0 Å². The van der Waals surface area contributed by atoms with Crippen LogP contribution >= 0.6 is 39.1 Å². The molecule has 0 atom stereocenters. The zero-order valence-electron chi connectivity index (χ0n) is 5.63. The summed E-state index contributed by atoms with van der Waals surface area (Å²) in [5.74, 6) is 0. The summed E-state index contributed by atoms with van der Waals surface area (Å²) in [6.07, 6.45) is 0. The molecular weight excluding hydrogens is 265 g/mol. The molecule has 0 aliphatic carbocycles. The van der Waals surface area contributed by atoms with Crippen molar-refractivity contribution in [2.75, 3.05) is 0 Å². The summed E-state index contributed by atoms with van der Waals surface area (Å²) in [5, 5.41) is 3.95. The lowest BCUT2D eigenvalue weighted by Gasteiger charge is -2.00. The molecule has 3 nitrogen and oxygen atoms in total. The second-order valence-electron chi connectivity index (χ2n) is 1.88. The Hall–Kier alpha value is -0.410. The number of nitrogens with zero attached hydrogens (tertiary/aromatic N) is 3. The Labute approximate surface area is 87.0 Å². The second-order valence-corrected chi connectivity index (χ2v) is 3.49. The molecule has 0 saturated carbocycles. The fourth-order valence-electron chi connectivity index (χ4n) is 0.641. The Kier molecular flexibility index (Phi) is 3.23. The zero-order valence-corrected chi connectivity index (χ0v) is 8.73. The molecule has 0 spiro atoms. The Balaban J connectivity index is 3.35. The van der Waals surface area contributed by atoms with Gasteiger partial charge in [0.2, 0.25) is 0 Å². The minimum atomic E-state index is 0.254. The van der Waals surface area contributed by atoms with Gasteiger partial charge in [0, 0.05) is 9.38 Å². The van der Waals surface area contributed by atoms with Crippen LogP contribution in [0.4, 0.5) is 5.69 Å². The van der Waals surface area contributed by atoms with E-state index in [1.807, 2.05) is 0 Å². The van der Waals surface area contributed by atoms with Crippen molar-refractivity contribution in [2.24, 2.45) is 5.11 Å². The van der Waals surface area contributed by atoms with Crippen molar-refractivity contribution in [3.05, 3.63) is 37.1 Å². The molecule has 12 heavy (non-hydrogen) atoms. The van der Waals surface area contributed by atoms with Gasteiger partial charge in [-0.2, -0.15) is 0 Å². The highest BCUT2D eigenvalue weighted by molar-refractivity contribution is 9.10. The van der Waals surface area contributed by atoms with Crippen LogP contribution < -0.4 is 0 Å². The van der Waals surface area contributed by atoms with E-state index in [0.29, 0.717) is 15.2 Å². The molecule has 0 radical (unpaired) electrons. The molecule has 0 aliphatic heterocycles. The number of rotatable bonds is 1. The molecule has 0 aromatic heterocycles. The van der Waals surface area contributed by atoms with Gasteiger partial charge in [-0.15, -0.1) is 0 Å². The molecule has 0 amide bonds. The Morgan fingerprint density at radius 1 is 1.33 bits per heavy atom. The monoisotopic (exact) mass is 265 g/mol. The molecule has 0 saturated heterocycles. The van der Waals surface area contributed by atoms with Gasteiger partial charge in [-0.25, -0.2) is 0 Å². The predicted octanol–water partition coefficient (Wildman–Crippen LogP) is 4.70. The van der Waals surface area contributed by atoms with E-state index < -0.39 is 0 Å². The van der Waals surface area contributed by atoms with Gasteiger partial charge < -0.3 is 0 Å². The molecule has 0 heterocycles. The molecule has 1 rings (SSSR count). The average Bonchev–Trinajstić information content (AvgIpc) is 2.07. The van der Waals surface area contributed by atoms with Crippen LogP contribution in [0.3, 0.4) is 0 Å². The quantitative estimate of drug-likeness (QED) is 0.306. The van der Waals surface area contributed by atoms with Gasteiger partial charge >= 0.3 is 0 Å². The van der Waals surface area contributed by atoms with Gasteiger partial charge in [-0.3, -0.25) is 0 Å². The Morgan fingerprint density at radius 2 is 2.00 bits per heavy atom. The number of azide groups is 1. The topological polar surface area (TPSA) is 48.8 Å². The first-order chi connectivity index (χ1) is 5.66. The fourth-order valence-corrected chi connectivity index (χ4v) is 1.45. The summed E-state index contributed by atoms with van der Waals surface area (Å²) < 4.78 is 0.672. The van der Waals surface area contributed by atoms with Gasteiger partial charge in [0.1, 0.15) is 0 Å². The summed E-state index contributed by atoms with van der Waals surface area (Å²) >= 11 is 14.7. The van der Waals surface area contributed by atoms with Crippen LogP contribution in [0.2, 0.25) is 10.0 Å². The highest BCUT2D eigenvalue weighted by Crippen LogP contribution is 2.37. The van der Waals surface area contributed by atoms with Crippen LogP contribution in [0.5, 0.6) is 0 Å². The number of benzene rings is 1. The SMILES string of the molecule is [N-]=[N+]=Nc1ccc(Br)c(Cl)c1Cl. The lowest BCUT2D eigenvalue weighted by atomic mass is 10.3. The molecule has 62 valence electrons. The normalized spacial score (nSPS) is 9.25.